The number of nitrogens with zero attached hydrogens (tertiary/aromatic N) is 4. The van der Waals surface area contributed by atoms with Gasteiger partial charge in [0.2, 0.25) is 5.95 Å². The Labute approximate surface area is 90.7 Å². The van der Waals surface area contributed by atoms with E-state index in [1.54, 1.807) is 0 Å². The van der Waals surface area contributed by atoms with Crippen LogP contribution >= 0.6 is 0 Å². The molecule has 0 bridgehead atoms. The summed E-state index contributed by atoms with van der Waals surface area (Å²) < 4.78 is 0. The molecule has 15 heavy (non-hydrogen) atoms. The van der Waals surface area contributed by atoms with E-state index in [0.717, 1.165) is 11.6 Å². The molecule has 2 N–H and O–H groups in total. The van der Waals surface area contributed by atoms with Gasteiger partial charge in [0.1, 0.15) is 11.6 Å². The molecule has 0 aliphatic rings. The summed E-state index contributed by atoms with van der Waals surface area (Å²) >= 11 is 0. The number of hydrogen-bond donors (Lipinski definition) is 1. The number of aromatic nitrogens is 3. The first-order valence-corrected chi connectivity index (χ1v) is 4.94. The molecule has 0 amide bonds. The maximum atomic E-state index is 5.65. The summed E-state index contributed by atoms with van der Waals surface area (Å²) in [7, 11) is 3.94. The predicted octanol–water partition coefficient (Wildman–Crippen LogP) is 0.813. The summed E-state index contributed by atoms with van der Waals surface area (Å²) in [4.78, 5) is 14.7. The number of nitrogens with two attached hydrogens (primary N) is 1. The van der Waals surface area contributed by atoms with Crippen LogP contribution in [0.2, 0.25) is 0 Å². The standard InChI is InChI=1S/C10H19N5/c1-10(2,3)8-12-7(6-15(4)5)13-9(11)14-8/h6H2,1-5H3,(H2,11,12,13,14). The lowest BCUT2D eigenvalue weighted by molar-refractivity contribution is 0.386. The molecule has 0 atom stereocenters. The van der Waals surface area contributed by atoms with Gasteiger partial charge in [-0.2, -0.15) is 9.97 Å². The van der Waals surface area contributed by atoms with Crippen LogP contribution in [0.5, 0.6) is 0 Å². The van der Waals surface area contributed by atoms with Gasteiger partial charge in [-0.15, -0.1) is 0 Å². The van der Waals surface area contributed by atoms with E-state index in [9.17, 15) is 0 Å². The maximum Gasteiger partial charge on any atom is 0.223 e. The van der Waals surface area contributed by atoms with E-state index in [-0.39, 0.29) is 5.41 Å². The first-order valence-electron chi connectivity index (χ1n) is 4.94. The van der Waals surface area contributed by atoms with Gasteiger partial charge in [0, 0.05) is 5.41 Å². The van der Waals surface area contributed by atoms with Crippen molar-refractivity contribution >= 4 is 5.95 Å². The Hall–Kier alpha value is -1.23. The van der Waals surface area contributed by atoms with Crippen LogP contribution in [-0.4, -0.2) is 33.9 Å². The van der Waals surface area contributed by atoms with Crippen LogP contribution in [0.25, 0.3) is 0 Å². The second-order valence-electron chi connectivity index (χ2n) is 4.92. The minimum absolute atomic E-state index is 0.0991. The third-order valence-electron chi connectivity index (χ3n) is 1.83. The predicted molar refractivity (Wildman–Crippen MR) is 60.3 cm³/mol. The van der Waals surface area contributed by atoms with E-state index in [2.05, 4.69) is 35.7 Å². The van der Waals surface area contributed by atoms with Gasteiger partial charge in [0.25, 0.3) is 0 Å². The van der Waals surface area contributed by atoms with Crippen molar-refractivity contribution in [2.24, 2.45) is 0 Å². The van der Waals surface area contributed by atoms with Crippen molar-refractivity contribution in [2.45, 2.75) is 32.7 Å². The van der Waals surface area contributed by atoms with Crippen molar-refractivity contribution in [1.82, 2.24) is 19.9 Å². The summed E-state index contributed by atoms with van der Waals surface area (Å²) in [6.45, 7) is 6.85. The Morgan fingerprint density at radius 1 is 1.13 bits per heavy atom. The number of rotatable bonds is 2. The van der Waals surface area contributed by atoms with E-state index < -0.39 is 0 Å². The van der Waals surface area contributed by atoms with Crippen molar-refractivity contribution in [3.63, 3.8) is 0 Å². The Bertz CT molecular complexity index is 340. The van der Waals surface area contributed by atoms with Gasteiger partial charge in [-0.25, -0.2) is 4.98 Å². The van der Waals surface area contributed by atoms with Gasteiger partial charge in [0.05, 0.1) is 6.54 Å². The molecular weight excluding hydrogens is 190 g/mol. The molecule has 0 radical (unpaired) electrons. The smallest absolute Gasteiger partial charge is 0.223 e. The zero-order valence-electron chi connectivity index (χ0n) is 10.1. The molecule has 0 unspecified atom stereocenters. The summed E-state index contributed by atoms with van der Waals surface area (Å²) in [6.07, 6.45) is 0. The van der Waals surface area contributed by atoms with E-state index in [4.69, 9.17) is 5.73 Å². The normalized spacial score (nSPS) is 12.1. The third kappa shape index (κ3) is 3.43. The Balaban J connectivity index is 3.06. The SMILES string of the molecule is CN(C)Cc1nc(N)nc(C(C)(C)C)n1. The zero-order chi connectivity index (χ0) is 11.6. The Morgan fingerprint density at radius 2 is 1.73 bits per heavy atom. The average molecular weight is 209 g/mol. The van der Waals surface area contributed by atoms with Crippen LogP contribution in [0, 0.1) is 0 Å². The van der Waals surface area contributed by atoms with Gasteiger partial charge < -0.3 is 10.6 Å². The monoisotopic (exact) mass is 209 g/mol. The Morgan fingerprint density at radius 3 is 2.20 bits per heavy atom. The molecule has 0 aromatic carbocycles. The minimum atomic E-state index is -0.0991. The van der Waals surface area contributed by atoms with Crippen LogP contribution in [0.1, 0.15) is 32.4 Å². The molecule has 0 aliphatic heterocycles. The lowest BCUT2D eigenvalue weighted by Gasteiger charge is -2.18. The summed E-state index contributed by atoms with van der Waals surface area (Å²) in [6, 6.07) is 0. The molecule has 5 nitrogen and oxygen atoms in total. The zero-order valence-corrected chi connectivity index (χ0v) is 10.1. The van der Waals surface area contributed by atoms with E-state index >= 15 is 0 Å². The lowest BCUT2D eigenvalue weighted by atomic mass is 9.96. The summed E-state index contributed by atoms with van der Waals surface area (Å²) in [5.74, 6) is 1.76. The molecule has 1 rings (SSSR count). The number of anilines is 1. The molecule has 0 spiro atoms. The topological polar surface area (TPSA) is 67.9 Å². The highest BCUT2D eigenvalue weighted by Gasteiger charge is 2.19. The maximum absolute atomic E-state index is 5.65. The highest BCUT2D eigenvalue weighted by Crippen LogP contribution is 2.18. The third-order valence-corrected chi connectivity index (χ3v) is 1.83. The average Bonchev–Trinajstić information content (AvgIpc) is 1.99. The van der Waals surface area contributed by atoms with E-state index in [0.29, 0.717) is 12.5 Å². The first-order chi connectivity index (χ1) is 6.79. The van der Waals surface area contributed by atoms with Crippen molar-refractivity contribution < 1.29 is 0 Å². The van der Waals surface area contributed by atoms with Crippen LogP contribution in [0.15, 0.2) is 0 Å². The first kappa shape index (κ1) is 11.8. The van der Waals surface area contributed by atoms with Crippen LogP contribution < -0.4 is 5.73 Å². The lowest BCUT2D eigenvalue weighted by Crippen LogP contribution is -2.21. The molecule has 0 saturated carbocycles. The van der Waals surface area contributed by atoms with Crippen LogP contribution in [0.3, 0.4) is 0 Å². The van der Waals surface area contributed by atoms with Crippen LogP contribution in [0.4, 0.5) is 5.95 Å². The van der Waals surface area contributed by atoms with Gasteiger partial charge >= 0.3 is 0 Å². The van der Waals surface area contributed by atoms with Gasteiger partial charge in [-0.3, -0.25) is 0 Å². The summed E-state index contributed by atoms with van der Waals surface area (Å²) in [5.41, 5.74) is 5.55. The molecule has 5 heteroatoms. The fourth-order valence-corrected chi connectivity index (χ4v) is 1.13. The molecule has 1 aromatic heterocycles. The molecule has 1 heterocycles. The molecule has 0 aliphatic carbocycles. The second-order valence-corrected chi connectivity index (χ2v) is 4.92. The highest BCUT2D eigenvalue weighted by molar-refractivity contribution is 5.18. The fraction of sp³-hybridized carbons (Fsp3) is 0.700. The molecule has 0 saturated heterocycles. The Kier molecular flexibility index (Phi) is 3.24. The van der Waals surface area contributed by atoms with Crippen molar-refractivity contribution in [2.75, 3.05) is 19.8 Å². The van der Waals surface area contributed by atoms with Crippen molar-refractivity contribution in [1.29, 1.82) is 0 Å². The molecule has 1 aromatic rings. The van der Waals surface area contributed by atoms with E-state index in [1.807, 2.05) is 19.0 Å². The minimum Gasteiger partial charge on any atom is -0.368 e. The van der Waals surface area contributed by atoms with Crippen molar-refractivity contribution in [3.05, 3.63) is 11.6 Å². The molecular formula is C10H19N5. The fourth-order valence-electron chi connectivity index (χ4n) is 1.13. The molecule has 0 fully saturated rings. The summed E-state index contributed by atoms with van der Waals surface area (Å²) in [5, 5.41) is 0. The second kappa shape index (κ2) is 4.10. The largest absolute Gasteiger partial charge is 0.368 e. The molecule has 84 valence electrons. The van der Waals surface area contributed by atoms with Crippen molar-refractivity contribution in [3.8, 4) is 0 Å². The van der Waals surface area contributed by atoms with Crippen LogP contribution in [-0.2, 0) is 12.0 Å². The van der Waals surface area contributed by atoms with Gasteiger partial charge in [-0.1, -0.05) is 20.8 Å². The van der Waals surface area contributed by atoms with E-state index in [1.165, 1.54) is 0 Å². The number of hydrogen-bond acceptors (Lipinski definition) is 5. The number of nitrogen functional groups attached to an aromatic ring is 1. The highest BCUT2D eigenvalue weighted by atomic mass is 15.1. The quantitative estimate of drug-likeness (QED) is 0.780. The van der Waals surface area contributed by atoms with Gasteiger partial charge in [0.15, 0.2) is 0 Å². The van der Waals surface area contributed by atoms with Gasteiger partial charge in [-0.05, 0) is 14.1 Å².